The zero-order chi connectivity index (χ0) is 13.4. The van der Waals surface area contributed by atoms with Crippen molar-refractivity contribution in [1.29, 1.82) is 5.26 Å². The van der Waals surface area contributed by atoms with Crippen molar-refractivity contribution >= 4 is 0 Å². The molecule has 0 aliphatic rings. The summed E-state index contributed by atoms with van der Waals surface area (Å²) in [7, 11) is 0. The molecule has 2 rings (SSSR count). The quantitative estimate of drug-likeness (QED) is 0.713. The summed E-state index contributed by atoms with van der Waals surface area (Å²) in [5.41, 5.74) is 0.113. The van der Waals surface area contributed by atoms with Gasteiger partial charge in [-0.3, -0.25) is 0 Å². The van der Waals surface area contributed by atoms with Crippen LogP contribution in [0.3, 0.4) is 0 Å². The molecule has 0 saturated carbocycles. The summed E-state index contributed by atoms with van der Waals surface area (Å²) >= 11 is 0. The van der Waals surface area contributed by atoms with Crippen LogP contribution in [0.5, 0.6) is 0 Å². The molecule has 0 N–H and O–H groups in total. The molecule has 5 heteroatoms. The van der Waals surface area contributed by atoms with E-state index in [2.05, 4.69) is 0 Å². The van der Waals surface area contributed by atoms with Crippen LogP contribution in [0, 0.1) is 11.3 Å². The van der Waals surface area contributed by atoms with Crippen molar-refractivity contribution in [3.8, 4) is 6.07 Å². The SMILES string of the molecule is FC(F)(F)c1ccccc1.N#Cc1ccccc1.[Cr]. The van der Waals surface area contributed by atoms with Gasteiger partial charge in [0.2, 0.25) is 0 Å². The topological polar surface area (TPSA) is 23.8 Å². The third-order valence-electron chi connectivity index (χ3n) is 2.00. The first-order valence-electron chi connectivity index (χ1n) is 5.11. The minimum atomic E-state index is -4.21. The first-order chi connectivity index (χ1) is 8.54. The zero-order valence-electron chi connectivity index (χ0n) is 9.76. The molecule has 98 valence electrons. The van der Waals surface area contributed by atoms with E-state index >= 15 is 0 Å². The molecule has 0 aliphatic carbocycles. The molecular weight excluding hydrogens is 291 g/mol. The predicted octanol–water partition coefficient (Wildman–Crippen LogP) is 4.26. The number of halogens is 3. The third kappa shape index (κ3) is 6.67. The first-order valence-corrected chi connectivity index (χ1v) is 5.11. The maximum absolute atomic E-state index is 11.8. The molecule has 2 aromatic rings. The van der Waals surface area contributed by atoms with Crippen molar-refractivity contribution in [2.45, 2.75) is 6.18 Å². The Balaban J connectivity index is 0.000000331. The molecular formula is C14H10CrF3N. The molecule has 1 nitrogen and oxygen atoms in total. The van der Waals surface area contributed by atoms with E-state index < -0.39 is 11.7 Å². The molecule has 0 heterocycles. The number of hydrogen-bond donors (Lipinski definition) is 0. The van der Waals surface area contributed by atoms with E-state index in [1.165, 1.54) is 12.1 Å². The van der Waals surface area contributed by atoms with Gasteiger partial charge >= 0.3 is 6.18 Å². The molecule has 0 amide bonds. The van der Waals surface area contributed by atoms with E-state index in [4.69, 9.17) is 5.26 Å². The Kier molecular flexibility index (Phi) is 7.60. The number of nitriles is 1. The van der Waals surface area contributed by atoms with Crippen molar-refractivity contribution in [1.82, 2.24) is 0 Å². The summed E-state index contributed by atoms with van der Waals surface area (Å²) in [4.78, 5) is 0. The number of benzene rings is 2. The van der Waals surface area contributed by atoms with Crippen LogP contribution in [0.2, 0.25) is 0 Å². The van der Waals surface area contributed by atoms with Crippen LogP contribution in [0.4, 0.5) is 13.2 Å². The largest absolute Gasteiger partial charge is 0.416 e. The van der Waals surface area contributed by atoms with Gasteiger partial charge in [0.25, 0.3) is 0 Å². The van der Waals surface area contributed by atoms with E-state index in [1.54, 1.807) is 18.2 Å². The molecule has 0 unspecified atom stereocenters. The Morgan fingerprint density at radius 3 is 1.47 bits per heavy atom. The van der Waals surface area contributed by atoms with Gasteiger partial charge in [-0.15, -0.1) is 0 Å². The monoisotopic (exact) mass is 301 g/mol. The van der Waals surface area contributed by atoms with Gasteiger partial charge in [-0.05, 0) is 12.1 Å². The standard InChI is InChI=1S/C7H5F3.C7H5N.Cr/c8-7(9,10)6-4-2-1-3-5-6;8-6-7-4-2-1-3-5-7;/h1-5H;1-5H;. The molecule has 0 spiro atoms. The molecule has 0 aromatic heterocycles. The Labute approximate surface area is 120 Å². The molecule has 0 bridgehead atoms. The second kappa shape index (κ2) is 8.37. The molecule has 19 heavy (non-hydrogen) atoms. The zero-order valence-corrected chi connectivity index (χ0v) is 11.0. The molecule has 0 aliphatic heterocycles. The summed E-state index contributed by atoms with van der Waals surface area (Å²) in [5, 5.41) is 8.29. The first kappa shape index (κ1) is 17.3. The van der Waals surface area contributed by atoms with Crippen LogP contribution >= 0.6 is 0 Å². The second-order valence-corrected chi connectivity index (χ2v) is 3.34. The van der Waals surface area contributed by atoms with E-state index in [9.17, 15) is 13.2 Å². The smallest absolute Gasteiger partial charge is 0.192 e. The molecule has 0 saturated heterocycles. The van der Waals surface area contributed by atoms with Gasteiger partial charge in [0.15, 0.2) is 0 Å². The van der Waals surface area contributed by atoms with E-state index in [-0.39, 0.29) is 17.4 Å². The number of hydrogen-bond acceptors (Lipinski definition) is 1. The molecule has 0 fully saturated rings. The van der Waals surface area contributed by atoms with Gasteiger partial charge in [-0.25, -0.2) is 0 Å². The van der Waals surface area contributed by atoms with Crippen LogP contribution in [0.15, 0.2) is 60.7 Å². The summed E-state index contributed by atoms with van der Waals surface area (Å²) in [6.45, 7) is 0. The Morgan fingerprint density at radius 2 is 1.21 bits per heavy atom. The van der Waals surface area contributed by atoms with E-state index in [1.807, 2.05) is 24.3 Å². The van der Waals surface area contributed by atoms with Crippen molar-refractivity contribution < 1.29 is 30.5 Å². The van der Waals surface area contributed by atoms with E-state index in [0.29, 0.717) is 5.56 Å². The van der Waals surface area contributed by atoms with Crippen molar-refractivity contribution in [3.63, 3.8) is 0 Å². The maximum Gasteiger partial charge on any atom is 0.416 e. The Morgan fingerprint density at radius 1 is 0.789 bits per heavy atom. The Hall–Kier alpha value is -1.75. The van der Waals surface area contributed by atoms with Crippen molar-refractivity contribution in [2.24, 2.45) is 0 Å². The number of nitrogens with zero attached hydrogens (tertiary/aromatic N) is 1. The van der Waals surface area contributed by atoms with Crippen molar-refractivity contribution in [2.75, 3.05) is 0 Å². The van der Waals surface area contributed by atoms with Gasteiger partial charge < -0.3 is 0 Å². The van der Waals surface area contributed by atoms with Gasteiger partial charge in [0, 0.05) is 17.4 Å². The van der Waals surface area contributed by atoms with Crippen LogP contribution in [0.25, 0.3) is 0 Å². The molecule has 0 atom stereocenters. The van der Waals surface area contributed by atoms with Crippen LogP contribution in [-0.4, -0.2) is 0 Å². The second-order valence-electron chi connectivity index (χ2n) is 3.34. The van der Waals surface area contributed by atoms with Crippen LogP contribution < -0.4 is 0 Å². The summed E-state index contributed by atoms with van der Waals surface area (Å²) in [5.74, 6) is 0. The van der Waals surface area contributed by atoms with Gasteiger partial charge in [0.05, 0.1) is 17.2 Å². The van der Waals surface area contributed by atoms with Crippen LogP contribution in [0.1, 0.15) is 11.1 Å². The Bertz CT molecular complexity index is 504. The summed E-state index contributed by atoms with van der Waals surface area (Å²) in [6, 6.07) is 17.5. The van der Waals surface area contributed by atoms with Gasteiger partial charge in [-0.2, -0.15) is 18.4 Å². The normalized spacial score (nSPS) is 9.37. The van der Waals surface area contributed by atoms with Gasteiger partial charge in [0.1, 0.15) is 0 Å². The fraction of sp³-hybridized carbons (Fsp3) is 0.0714. The minimum absolute atomic E-state index is 0. The predicted molar refractivity (Wildman–Crippen MR) is 62.6 cm³/mol. The summed E-state index contributed by atoms with van der Waals surface area (Å²) in [6.07, 6.45) is -4.21. The van der Waals surface area contributed by atoms with E-state index in [0.717, 1.165) is 12.1 Å². The minimum Gasteiger partial charge on any atom is -0.192 e. The number of alkyl halides is 3. The fourth-order valence-electron chi connectivity index (χ4n) is 1.14. The average Bonchev–Trinajstić information content (AvgIpc) is 2.40. The fourth-order valence-corrected chi connectivity index (χ4v) is 1.14. The molecule has 2 aromatic carbocycles. The molecule has 0 radical (unpaired) electrons. The maximum atomic E-state index is 11.8. The summed E-state index contributed by atoms with van der Waals surface area (Å²) < 4.78 is 35.4. The third-order valence-corrected chi connectivity index (χ3v) is 2.00. The number of rotatable bonds is 0. The average molecular weight is 301 g/mol. The van der Waals surface area contributed by atoms with Gasteiger partial charge in [-0.1, -0.05) is 48.5 Å². The van der Waals surface area contributed by atoms with Crippen LogP contribution in [-0.2, 0) is 23.5 Å². The van der Waals surface area contributed by atoms with Crippen molar-refractivity contribution in [3.05, 3.63) is 71.8 Å².